The largest absolute Gasteiger partial charge is 0.493 e. The molecule has 9 heteroatoms. The van der Waals surface area contributed by atoms with Crippen molar-refractivity contribution in [1.82, 2.24) is 20.5 Å². The summed E-state index contributed by atoms with van der Waals surface area (Å²) in [6.07, 6.45) is 3.33. The second-order valence-corrected chi connectivity index (χ2v) is 8.85. The number of nitrogens with one attached hydrogen (secondary N) is 2. The number of aromatic amines is 1. The van der Waals surface area contributed by atoms with Crippen LogP contribution in [0.15, 0.2) is 53.3 Å². The predicted molar refractivity (Wildman–Crippen MR) is 140 cm³/mol. The minimum Gasteiger partial charge on any atom is -0.493 e. The molecular weight excluding hydrogens is 472 g/mol. The first-order valence-corrected chi connectivity index (χ1v) is 12.4. The summed E-state index contributed by atoms with van der Waals surface area (Å²) in [5, 5.41) is 11.1. The second-order valence-electron chi connectivity index (χ2n) is 8.85. The molecule has 0 saturated carbocycles. The molecule has 0 bridgehead atoms. The molecule has 2 N–H and O–H groups in total. The number of carbonyl (C=O) groups excluding carboxylic acids is 2. The van der Waals surface area contributed by atoms with Gasteiger partial charge in [0.2, 0.25) is 5.91 Å². The molecule has 196 valence electrons. The van der Waals surface area contributed by atoms with Crippen molar-refractivity contribution >= 4 is 11.7 Å². The summed E-state index contributed by atoms with van der Waals surface area (Å²) >= 11 is 0. The van der Waals surface area contributed by atoms with Crippen LogP contribution < -0.4 is 20.3 Å². The molecule has 0 fully saturated rings. The molecule has 0 radical (unpaired) electrons. The monoisotopic (exact) mass is 506 g/mol. The van der Waals surface area contributed by atoms with Gasteiger partial charge in [-0.1, -0.05) is 36.4 Å². The topological polar surface area (TPSA) is 123 Å². The number of Topliss-reactive ketones (excluding diaryl/α,β-unsaturated/α-hetero) is 1. The number of aromatic nitrogens is 3. The summed E-state index contributed by atoms with van der Waals surface area (Å²) < 4.78 is 10.6. The standard InChI is InChI=1S/C28H34N4O5/c1-19(33)22(12-7-11-20-9-5-4-6-10-20)27(34)29-16-8-13-23-28(35)30-26(32-31-23)18-21-14-15-24(36-2)25(17-21)37-3/h4-6,9-10,14-15,17,22H,7-8,11-13,16,18H2,1-3H3,(H,29,34)(H,30,32,35). The summed E-state index contributed by atoms with van der Waals surface area (Å²) in [5.41, 5.74) is 2.07. The lowest BCUT2D eigenvalue weighted by Gasteiger charge is -2.14. The lowest BCUT2D eigenvalue weighted by molar-refractivity contribution is -0.133. The predicted octanol–water partition coefficient (Wildman–Crippen LogP) is 3.05. The maximum atomic E-state index is 12.6. The van der Waals surface area contributed by atoms with Gasteiger partial charge in [0, 0.05) is 13.0 Å². The molecule has 0 aliphatic rings. The number of rotatable bonds is 14. The molecule has 0 aliphatic carbocycles. The Morgan fingerprint density at radius 2 is 1.70 bits per heavy atom. The highest BCUT2D eigenvalue weighted by molar-refractivity contribution is 6.00. The molecule has 0 aliphatic heterocycles. The first kappa shape index (κ1) is 27.6. The van der Waals surface area contributed by atoms with Crippen molar-refractivity contribution in [1.29, 1.82) is 0 Å². The van der Waals surface area contributed by atoms with Gasteiger partial charge in [-0.2, -0.15) is 0 Å². The molecule has 3 rings (SSSR count). The Labute approximate surface area is 216 Å². The number of ether oxygens (including phenoxy) is 2. The van der Waals surface area contributed by atoms with Gasteiger partial charge in [0.15, 0.2) is 11.5 Å². The van der Waals surface area contributed by atoms with Crippen LogP contribution in [0.4, 0.5) is 0 Å². The Hall–Kier alpha value is -4.01. The van der Waals surface area contributed by atoms with Gasteiger partial charge < -0.3 is 19.8 Å². The van der Waals surface area contributed by atoms with Crippen molar-refractivity contribution < 1.29 is 19.1 Å². The number of nitrogens with zero attached hydrogens (tertiary/aromatic N) is 2. The Morgan fingerprint density at radius 1 is 0.946 bits per heavy atom. The average molecular weight is 507 g/mol. The van der Waals surface area contributed by atoms with Crippen LogP contribution in [0, 0.1) is 5.92 Å². The maximum Gasteiger partial charge on any atom is 0.272 e. The molecule has 2 aromatic carbocycles. The van der Waals surface area contributed by atoms with Crippen molar-refractivity contribution in [3.8, 4) is 11.5 Å². The fraction of sp³-hybridized carbons (Fsp3) is 0.393. The van der Waals surface area contributed by atoms with E-state index in [1.165, 1.54) is 12.5 Å². The highest BCUT2D eigenvalue weighted by Gasteiger charge is 2.22. The number of methoxy groups -OCH3 is 2. The van der Waals surface area contributed by atoms with E-state index in [9.17, 15) is 14.4 Å². The Bertz CT molecular complexity index is 1240. The van der Waals surface area contributed by atoms with Crippen molar-refractivity contribution in [3.05, 3.63) is 81.5 Å². The molecule has 9 nitrogen and oxygen atoms in total. The fourth-order valence-corrected chi connectivity index (χ4v) is 4.09. The van der Waals surface area contributed by atoms with E-state index in [-0.39, 0.29) is 17.2 Å². The number of hydrogen-bond acceptors (Lipinski definition) is 7. The summed E-state index contributed by atoms with van der Waals surface area (Å²) in [4.78, 5) is 39.8. The molecule has 3 aromatic rings. The fourth-order valence-electron chi connectivity index (χ4n) is 4.09. The van der Waals surface area contributed by atoms with E-state index < -0.39 is 5.92 Å². The molecule has 1 amide bonds. The van der Waals surface area contributed by atoms with Gasteiger partial charge in [0.1, 0.15) is 17.3 Å². The highest BCUT2D eigenvalue weighted by atomic mass is 16.5. The Balaban J connectivity index is 1.46. The lowest BCUT2D eigenvalue weighted by atomic mass is 9.95. The van der Waals surface area contributed by atoms with Crippen LogP contribution in [0.3, 0.4) is 0 Å². The zero-order chi connectivity index (χ0) is 26.6. The summed E-state index contributed by atoms with van der Waals surface area (Å²) in [5.74, 6) is 0.577. The lowest BCUT2D eigenvalue weighted by Crippen LogP contribution is -2.35. The zero-order valence-electron chi connectivity index (χ0n) is 21.6. The van der Waals surface area contributed by atoms with Crippen LogP contribution in [0.2, 0.25) is 0 Å². The number of aryl methyl sites for hydroxylation is 2. The van der Waals surface area contributed by atoms with Gasteiger partial charge in [-0.15, -0.1) is 10.2 Å². The first-order valence-electron chi connectivity index (χ1n) is 12.4. The normalized spacial score (nSPS) is 11.5. The number of H-pyrrole nitrogens is 1. The van der Waals surface area contributed by atoms with Gasteiger partial charge in [0.25, 0.3) is 5.56 Å². The van der Waals surface area contributed by atoms with Gasteiger partial charge in [-0.3, -0.25) is 14.4 Å². The number of ketones is 1. The molecule has 1 aromatic heterocycles. The summed E-state index contributed by atoms with van der Waals surface area (Å²) in [7, 11) is 3.13. The van der Waals surface area contributed by atoms with Crippen LogP contribution in [0.5, 0.6) is 11.5 Å². The van der Waals surface area contributed by atoms with E-state index in [1.54, 1.807) is 20.3 Å². The van der Waals surface area contributed by atoms with E-state index in [0.29, 0.717) is 55.2 Å². The maximum absolute atomic E-state index is 12.6. The molecule has 0 saturated heterocycles. The van der Waals surface area contributed by atoms with Crippen LogP contribution in [-0.4, -0.2) is 47.6 Å². The van der Waals surface area contributed by atoms with Gasteiger partial charge >= 0.3 is 0 Å². The minimum atomic E-state index is -0.664. The van der Waals surface area contributed by atoms with E-state index in [4.69, 9.17) is 9.47 Å². The van der Waals surface area contributed by atoms with Gasteiger partial charge in [0.05, 0.1) is 20.1 Å². The summed E-state index contributed by atoms with van der Waals surface area (Å²) in [6, 6.07) is 15.5. The van der Waals surface area contributed by atoms with Crippen molar-refractivity contribution in [2.24, 2.45) is 5.92 Å². The Kier molecular flexibility index (Phi) is 10.4. The Morgan fingerprint density at radius 3 is 2.38 bits per heavy atom. The smallest absolute Gasteiger partial charge is 0.272 e. The van der Waals surface area contributed by atoms with Crippen LogP contribution in [-0.2, 0) is 28.9 Å². The van der Waals surface area contributed by atoms with Crippen molar-refractivity contribution in [2.45, 2.75) is 45.4 Å². The molecule has 1 unspecified atom stereocenters. The van der Waals surface area contributed by atoms with Gasteiger partial charge in [-0.05, 0) is 62.3 Å². The van der Waals surface area contributed by atoms with Crippen LogP contribution in [0.1, 0.15) is 48.8 Å². The number of amides is 1. The van der Waals surface area contributed by atoms with E-state index >= 15 is 0 Å². The molecule has 1 heterocycles. The van der Waals surface area contributed by atoms with E-state index in [1.807, 2.05) is 42.5 Å². The van der Waals surface area contributed by atoms with Crippen LogP contribution >= 0.6 is 0 Å². The van der Waals surface area contributed by atoms with Crippen molar-refractivity contribution in [3.63, 3.8) is 0 Å². The SMILES string of the molecule is COc1ccc(Cc2nnc(CCCNC(=O)C(CCCc3ccccc3)C(C)=O)c(=O)[nH]2)cc1OC. The summed E-state index contributed by atoms with van der Waals surface area (Å²) in [6.45, 7) is 1.79. The molecule has 0 spiro atoms. The molecule has 1 atom stereocenters. The quantitative estimate of drug-likeness (QED) is 0.254. The second kappa shape index (κ2) is 13.9. The molecular formula is C28H34N4O5. The number of benzene rings is 2. The van der Waals surface area contributed by atoms with Gasteiger partial charge in [-0.25, -0.2) is 0 Å². The first-order chi connectivity index (χ1) is 17.9. The third kappa shape index (κ3) is 8.27. The van der Waals surface area contributed by atoms with E-state index in [2.05, 4.69) is 20.5 Å². The molecule has 37 heavy (non-hydrogen) atoms. The van der Waals surface area contributed by atoms with Crippen LogP contribution in [0.25, 0.3) is 0 Å². The number of hydrogen-bond donors (Lipinski definition) is 2. The number of carbonyl (C=O) groups is 2. The third-order valence-corrected chi connectivity index (χ3v) is 6.13. The minimum absolute atomic E-state index is 0.141. The van der Waals surface area contributed by atoms with Crippen molar-refractivity contribution in [2.75, 3.05) is 20.8 Å². The van der Waals surface area contributed by atoms with E-state index in [0.717, 1.165) is 18.4 Å². The third-order valence-electron chi connectivity index (χ3n) is 6.13. The highest BCUT2D eigenvalue weighted by Crippen LogP contribution is 2.28. The average Bonchev–Trinajstić information content (AvgIpc) is 2.90. The zero-order valence-corrected chi connectivity index (χ0v) is 21.6.